The molecule has 2 aliphatic rings. The lowest BCUT2D eigenvalue weighted by Crippen LogP contribution is -2.48. The smallest absolute Gasteiger partial charge is 0.378 e. The SMILES string of the molecule is NC(=O)c1nnc(N2CCCC(NC(=O)c3ccc(C(F)(F)F)cc3)C2)nc1Nc1ccc(C(=O)N2CCOCC2)cc1. The maximum Gasteiger partial charge on any atom is 0.416 e. The van der Waals surface area contributed by atoms with Crippen LogP contribution in [0.4, 0.5) is 30.6 Å². The zero-order valence-corrected chi connectivity index (χ0v) is 22.9. The van der Waals surface area contributed by atoms with Crippen molar-refractivity contribution in [1.29, 1.82) is 0 Å². The van der Waals surface area contributed by atoms with Gasteiger partial charge >= 0.3 is 6.18 Å². The van der Waals surface area contributed by atoms with Crippen molar-refractivity contribution in [2.45, 2.75) is 25.1 Å². The van der Waals surface area contributed by atoms with Crippen LogP contribution in [0.15, 0.2) is 48.5 Å². The van der Waals surface area contributed by atoms with Crippen molar-refractivity contribution in [3.8, 4) is 0 Å². The highest BCUT2D eigenvalue weighted by molar-refractivity contribution is 5.97. The van der Waals surface area contributed by atoms with E-state index in [0.717, 1.165) is 24.3 Å². The van der Waals surface area contributed by atoms with Crippen LogP contribution in [-0.2, 0) is 10.9 Å². The lowest BCUT2D eigenvalue weighted by Gasteiger charge is -2.33. The third-order valence-electron chi connectivity index (χ3n) is 7.12. The van der Waals surface area contributed by atoms with Crippen LogP contribution in [0.1, 0.15) is 49.6 Å². The molecule has 43 heavy (non-hydrogen) atoms. The largest absolute Gasteiger partial charge is 0.416 e. The first-order valence-electron chi connectivity index (χ1n) is 13.6. The fourth-order valence-electron chi connectivity index (χ4n) is 4.84. The van der Waals surface area contributed by atoms with Gasteiger partial charge in [0.15, 0.2) is 11.5 Å². The molecule has 4 N–H and O–H groups in total. The van der Waals surface area contributed by atoms with Gasteiger partial charge in [0, 0.05) is 49.0 Å². The van der Waals surface area contributed by atoms with E-state index in [2.05, 4.69) is 25.8 Å². The van der Waals surface area contributed by atoms with Crippen LogP contribution in [0, 0.1) is 0 Å². The summed E-state index contributed by atoms with van der Waals surface area (Å²) < 4.78 is 43.9. The van der Waals surface area contributed by atoms with Crippen molar-refractivity contribution in [2.24, 2.45) is 5.73 Å². The molecule has 12 nitrogen and oxygen atoms in total. The number of nitrogens with zero attached hydrogens (tertiary/aromatic N) is 5. The number of ether oxygens (including phenoxy) is 1. The number of benzene rings is 2. The summed E-state index contributed by atoms with van der Waals surface area (Å²) in [4.78, 5) is 45.5. The maximum atomic E-state index is 12.9. The van der Waals surface area contributed by atoms with Crippen LogP contribution in [0.3, 0.4) is 0 Å². The molecule has 3 heterocycles. The van der Waals surface area contributed by atoms with E-state index in [1.807, 2.05) is 0 Å². The number of carbonyl (C=O) groups excluding carboxylic acids is 3. The van der Waals surface area contributed by atoms with Gasteiger partial charge in [0.25, 0.3) is 17.7 Å². The minimum absolute atomic E-state index is 0.0701. The Morgan fingerprint density at radius 2 is 1.60 bits per heavy atom. The molecule has 2 fully saturated rings. The molecule has 15 heteroatoms. The molecule has 1 aromatic heterocycles. The lowest BCUT2D eigenvalue weighted by atomic mass is 10.0. The predicted octanol–water partition coefficient (Wildman–Crippen LogP) is 2.60. The van der Waals surface area contributed by atoms with Gasteiger partial charge in [-0.25, -0.2) is 0 Å². The zero-order valence-electron chi connectivity index (χ0n) is 22.9. The van der Waals surface area contributed by atoms with Gasteiger partial charge in [-0.2, -0.15) is 18.2 Å². The van der Waals surface area contributed by atoms with Gasteiger partial charge in [-0.05, 0) is 61.4 Å². The molecule has 226 valence electrons. The van der Waals surface area contributed by atoms with Crippen LogP contribution in [0.25, 0.3) is 0 Å². The summed E-state index contributed by atoms with van der Waals surface area (Å²) in [6.45, 7) is 2.88. The van der Waals surface area contributed by atoms with E-state index in [4.69, 9.17) is 10.5 Å². The molecule has 3 aromatic rings. The second-order valence-corrected chi connectivity index (χ2v) is 10.1. The Kier molecular flexibility index (Phi) is 8.71. The molecule has 0 aliphatic carbocycles. The van der Waals surface area contributed by atoms with Gasteiger partial charge in [0.2, 0.25) is 5.95 Å². The number of carbonyl (C=O) groups is 3. The number of aromatic nitrogens is 3. The third kappa shape index (κ3) is 7.17. The molecule has 2 aliphatic heterocycles. The zero-order chi connectivity index (χ0) is 30.6. The van der Waals surface area contributed by atoms with Crippen molar-refractivity contribution in [3.63, 3.8) is 0 Å². The van der Waals surface area contributed by atoms with Gasteiger partial charge in [-0.15, -0.1) is 10.2 Å². The highest BCUT2D eigenvalue weighted by atomic mass is 19.4. The molecule has 2 saturated heterocycles. The predicted molar refractivity (Wildman–Crippen MR) is 149 cm³/mol. The number of rotatable bonds is 7. The number of nitrogens with two attached hydrogens (primary N) is 1. The standard InChI is InChI=1S/C28H29F3N8O4/c29-28(30,31)19-7-3-17(4-8-19)25(41)34-21-2-1-11-39(16-21)27-35-24(22(23(32)40)36-37-27)33-20-9-5-18(6-10-20)26(42)38-12-14-43-15-13-38/h3-10,21H,1-2,11-16H2,(H2,32,40)(H,34,41)(H,33,35,37). The molecule has 0 spiro atoms. The van der Waals surface area contributed by atoms with Crippen molar-refractivity contribution < 1.29 is 32.3 Å². The Labute approximate surface area is 244 Å². The number of anilines is 3. The summed E-state index contributed by atoms with van der Waals surface area (Å²) in [5, 5.41) is 13.9. The minimum Gasteiger partial charge on any atom is -0.378 e. The molecule has 1 atom stereocenters. The Balaban J connectivity index is 1.26. The van der Waals surface area contributed by atoms with E-state index in [9.17, 15) is 27.6 Å². The van der Waals surface area contributed by atoms with Gasteiger partial charge in [-0.1, -0.05) is 0 Å². The summed E-state index contributed by atoms with van der Waals surface area (Å²) in [6, 6.07) is 10.3. The summed E-state index contributed by atoms with van der Waals surface area (Å²) in [5.74, 6) is -1.18. The molecule has 0 radical (unpaired) electrons. The lowest BCUT2D eigenvalue weighted by molar-refractivity contribution is -0.137. The molecule has 0 bridgehead atoms. The van der Waals surface area contributed by atoms with E-state index in [1.165, 1.54) is 0 Å². The van der Waals surface area contributed by atoms with Crippen molar-refractivity contribution in [3.05, 3.63) is 70.9 Å². The van der Waals surface area contributed by atoms with Gasteiger partial charge in [0.1, 0.15) is 0 Å². The highest BCUT2D eigenvalue weighted by Crippen LogP contribution is 2.29. The number of hydrogen-bond acceptors (Lipinski definition) is 9. The van der Waals surface area contributed by atoms with Crippen LogP contribution in [0.5, 0.6) is 0 Å². The van der Waals surface area contributed by atoms with E-state index < -0.39 is 23.6 Å². The molecular weight excluding hydrogens is 569 g/mol. The summed E-state index contributed by atoms with van der Waals surface area (Å²) >= 11 is 0. The van der Waals surface area contributed by atoms with Crippen molar-refractivity contribution in [1.82, 2.24) is 25.4 Å². The molecule has 1 unspecified atom stereocenters. The minimum atomic E-state index is -4.49. The number of amides is 3. The van der Waals surface area contributed by atoms with Gasteiger partial charge < -0.3 is 30.9 Å². The Morgan fingerprint density at radius 3 is 2.26 bits per heavy atom. The third-order valence-corrected chi connectivity index (χ3v) is 7.12. The van der Waals surface area contributed by atoms with E-state index in [1.54, 1.807) is 34.1 Å². The van der Waals surface area contributed by atoms with Gasteiger partial charge in [0.05, 0.1) is 18.8 Å². The fraction of sp³-hybridized carbons (Fsp3) is 0.357. The maximum absolute atomic E-state index is 12.9. The number of hydrogen-bond donors (Lipinski definition) is 3. The average Bonchev–Trinajstić information content (AvgIpc) is 3.01. The number of piperidine rings is 1. The van der Waals surface area contributed by atoms with E-state index in [0.29, 0.717) is 63.5 Å². The number of primary amides is 1. The second-order valence-electron chi connectivity index (χ2n) is 10.1. The van der Waals surface area contributed by atoms with Crippen LogP contribution < -0.4 is 21.3 Å². The second kappa shape index (κ2) is 12.6. The molecule has 5 rings (SSSR count). The Morgan fingerprint density at radius 1 is 0.930 bits per heavy atom. The van der Waals surface area contributed by atoms with Crippen LogP contribution in [-0.4, -0.2) is 83.2 Å². The van der Waals surface area contributed by atoms with Crippen LogP contribution in [0.2, 0.25) is 0 Å². The number of halogens is 3. The normalized spacial score (nSPS) is 17.3. The Bertz CT molecular complexity index is 1480. The first-order valence-corrected chi connectivity index (χ1v) is 13.6. The summed E-state index contributed by atoms with van der Waals surface area (Å²) in [6.07, 6.45) is -3.19. The first-order chi connectivity index (χ1) is 20.6. The monoisotopic (exact) mass is 598 g/mol. The van der Waals surface area contributed by atoms with Crippen molar-refractivity contribution >= 4 is 35.2 Å². The van der Waals surface area contributed by atoms with E-state index >= 15 is 0 Å². The van der Waals surface area contributed by atoms with Crippen molar-refractivity contribution in [2.75, 3.05) is 49.6 Å². The van der Waals surface area contributed by atoms with E-state index in [-0.39, 0.29) is 35.0 Å². The molecule has 3 amide bonds. The summed E-state index contributed by atoms with van der Waals surface area (Å²) in [7, 11) is 0. The molecule has 2 aromatic carbocycles. The average molecular weight is 599 g/mol. The molecule has 0 saturated carbocycles. The topological polar surface area (TPSA) is 156 Å². The van der Waals surface area contributed by atoms with Crippen LogP contribution >= 0.6 is 0 Å². The summed E-state index contributed by atoms with van der Waals surface area (Å²) in [5.41, 5.74) is 5.64. The Hall–Kier alpha value is -4.79. The number of nitrogens with one attached hydrogen (secondary N) is 2. The quantitative estimate of drug-likeness (QED) is 0.372. The highest BCUT2D eigenvalue weighted by Gasteiger charge is 2.31. The number of morpholine rings is 1. The first kappa shape index (κ1) is 29.7. The molecular formula is C28H29F3N8O4. The fourth-order valence-corrected chi connectivity index (χ4v) is 4.84. The van der Waals surface area contributed by atoms with Gasteiger partial charge in [-0.3, -0.25) is 14.4 Å². The number of alkyl halides is 3.